The Morgan fingerprint density at radius 2 is 1.77 bits per heavy atom. The third-order valence-electron chi connectivity index (χ3n) is 12.7. The van der Waals surface area contributed by atoms with Crippen molar-refractivity contribution in [3.8, 4) is 0 Å². The zero-order valence-corrected chi connectivity index (χ0v) is 25.4. The number of carbonyl (C=O) groups is 1. The maximum Gasteiger partial charge on any atom is 0.199 e. The third-order valence-corrected chi connectivity index (χ3v) is 13.9. The van der Waals surface area contributed by atoms with Crippen molar-refractivity contribution in [2.24, 2.45) is 33.5 Å². The molecule has 1 aromatic heterocycles. The van der Waals surface area contributed by atoms with Gasteiger partial charge in [0, 0.05) is 33.1 Å². The molecule has 8 rings (SSSR count). The lowest BCUT2D eigenvalue weighted by Gasteiger charge is -2.71. The number of Topliss-reactive ketones (excluding diaryl/α,β-unsaturated/α-hetero) is 1. The molecule has 2 aromatic rings. The first-order valence-electron chi connectivity index (χ1n) is 15.6. The van der Waals surface area contributed by atoms with Crippen LogP contribution in [0.2, 0.25) is 0 Å². The zero-order valence-electron chi connectivity index (χ0n) is 24.6. The summed E-state index contributed by atoms with van der Waals surface area (Å²) in [4.78, 5) is 17.9. The van der Waals surface area contributed by atoms with Gasteiger partial charge in [0.05, 0.1) is 16.6 Å². The second kappa shape index (κ2) is 8.86. The van der Waals surface area contributed by atoms with Crippen LogP contribution in [0.25, 0.3) is 10.1 Å². The number of allylic oxidation sites excluding steroid dienone is 4. The van der Waals surface area contributed by atoms with Crippen LogP contribution in [0, 0.1) is 33.5 Å². The number of aliphatic hydroxyl groups excluding tert-OH is 1. The molecule has 40 heavy (non-hydrogen) atoms. The number of aliphatic hydroxyl groups is 2. The Balaban J connectivity index is 1.39. The Kier molecular flexibility index (Phi) is 5.99. The van der Waals surface area contributed by atoms with E-state index in [1.54, 1.807) is 11.3 Å². The minimum atomic E-state index is -0.767. The molecule has 0 radical (unpaired) electrons. The second-order valence-electron chi connectivity index (χ2n) is 14.5. The molecule has 5 heteroatoms. The van der Waals surface area contributed by atoms with Crippen LogP contribution in [0.1, 0.15) is 81.8 Å². The summed E-state index contributed by atoms with van der Waals surface area (Å²) in [6.45, 7) is 8.67. The lowest BCUT2D eigenvalue weighted by atomic mass is 9.32. The van der Waals surface area contributed by atoms with Crippen LogP contribution < -0.4 is 0 Å². The molecule has 0 aliphatic heterocycles. The number of ketones is 1. The number of rotatable bonds is 6. The quantitative estimate of drug-likeness (QED) is 0.295. The van der Waals surface area contributed by atoms with Gasteiger partial charge >= 0.3 is 0 Å². The van der Waals surface area contributed by atoms with Gasteiger partial charge in [-0.25, -0.2) is 0 Å². The number of nitrogens with zero attached hydrogens (tertiary/aromatic N) is 1. The van der Waals surface area contributed by atoms with Crippen LogP contribution in [0.3, 0.4) is 0 Å². The Hall–Kier alpha value is -1.79. The second-order valence-corrected chi connectivity index (χ2v) is 15.6. The fourth-order valence-electron chi connectivity index (χ4n) is 10.7. The number of thiophene rings is 1. The van der Waals surface area contributed by atoms with Crippen molar-refractivity contribution < 1.29 is 15.0 Å². The molecule has 2 N–H and O–H groups in total. The molecule has 3 saturated carbocycles. The number of benzene rings is 1. The molecule has 6 aliphatic rings. The summed E-state index contributed by atoms with van der Waals surface area (Å²) in [5, 5.41) is 24.5. The standard InChI is InChI=1S/C35H45NO3S/c1-5-18-36(4)22-34(39)15-12-29-32(34,3)14-11-28-31(2)13-10-24(37)20-33(31)16-17-35(28,29)25(21-33)30(38)27-19-23-8-6-7-9-26(23)40-27/h6-9,16-17,19,21,24,28-29,37,39H,5,10-15,18,20,22H2,1-4H3. The molecule has 2 bridgehead atoms. The fourth-order valence-corrected chi connectivity index (χ4v) is 11.7. The van der Waals surface area contributed by atoms with E-state index in [0.29, 0.717) is 18.9 Å². The van der Waals surface area contributed by atoms with Crippen LogP contribution in [-0.2, 0) is 0 Å². The minimum Gasteiger partial charge on any atom is -0.393 e. The first-order valence-corrected chi connectivity index (χ1v) is 16.4. The highest BCUT2D eigenvalue weighted by Gasteiger charge is 2.74. The maximum absolute atomic E-state index is 14.8. The largest absolute Gasteiger partial charge is 0.393 e. The maximum atomic E-state index is 14.8. The Morgan fingerprint density at radius 1 is 1.05 bits per heavy atom. The summed E-state index contributed by atoms with van der Waals surface area (Å²) in [6.07, 6.45) is 14.2. The first kappa shape index (κ1) is 27.1. The van der Waals surface area contributed by atoms with E-state index < -0.39 is 5.60 Å². The SMILES string of the molecule is CCCN(C)CC1(O)CCC2C34C=CC5(C=C3C(=O)c3cc6ccccc6s3)CC(O)CCC5(C)C4CCC21C. The summed E-state index contributed by atoms with van der Waals surface area (Å²) in [7, 11) is 2.14. The van der Waals surface area contributed by atoms with Crippen molar-refractivity contribution in [2.45, 2.75) is 83.8 Å². The minimum absolute atomic E-state index is 0.00591. The normalized spacial score (nSPS) is 43.5. The number of carbonyl (C=O) groups excluding carboxylic acids is 1. The van der Waals surface area contributed by atoms with Gasteiger partial charge in [0.2, 0.25) is 0 Å². The van der Waals surface area contributed by atoms with Crippen molar-refractivity contribution in [3.05, 3.63) is 59.0 Å². The van der Waals surface area contributed by atoms with Crippen LogP contribution in [-0.4, -0.2) is 52.7 Å². The smallest absolute Gasteiger partial charge is 0.199 e. The molecule has 4 nitrogen and oxygen atoms in total. The Labute approximate surface area is 243 Å². The number of hydrogen-bond acceptors (Lipinski definition) is 5. The van der Waals surface area contributed by atoms with Gasteiger partial charge in [0.15, 0.2) is 5.78 Å². The van der Waals surface area contributed by atoms with Crippen LogP contribution in [0.5, 0.6) is 0 Å². The molecule has 3 fully saturated rings. The molecular weight excluding hydrogens is 514 g/mol. The predicted molar refractivity (Wildman–Crippen MR) is 163 cm³/mol. The summed E-state index contributed by atoms with van der Waals surface area (Å²) in [6, 6.07) is 10.4. The highest BCUT2D eigenvalue weighted by molar-refractivity contribution is 7.21. The number of fused-ring (bicyclic) bond motifs is 2. The number of hydrogen-bond donors (Lipinski definition) is 2. The molecule has 6 aliphatic carbocycles. The molecule has 8 atom stereocenters. The van der Waals surface area contributed by atoms with Gasteiger partial charge in [0.25, 0.3) is 0 Å². The molecule has 1 aromatic carbocycles. The van der Waals surface area contributed by atoms with E-state index in [4.69, 9.17) is 0 Å². The van der Waals surface area contributed by atoms with Crippen molar-refractivity contribution in [2.75, 3.05) is 20.1 Å². The highest BCUT2D eigenvalue weighted by atomic mass is 32.1. The molecule has 8 unspecified atom stereocenters. The van der Waals surface area contributed by atoms with E-state index >= 15 is 0 Å². The van der Waals surface area contributed by atoms with Gasteiger partial charge in [-0.05, 0) is 99.7 Å². The Morgan fingerprint density at radius 3 is 2.55 bits per heavy atom. The van der Waals surface area contributed by atoms with Gasteiger partial charge in [-0.1, -0.05) is 57.2 Å². The van der Waals surface area contributed by atoms with Crippen molar-refractivity contribution >= 4 is 27.2 Å². The lowest BCUT2D eigenvalue weighted by Crippen LogP contribution is -2.67. The summed E-state index contributed by atoms with van der Waals surface area (Å²) in [5.74, 6) is 0.714. The number of likely N-dealkylation sites (N-methyl/N-ethyl adjacent to an activating group) is 1. The van der Waals surface area contributed by atoms with Crippen LogP contribution >= 0.6 is 11.3 Å². The van der Waals surface area contributed by atoms with E-state index in [-0.39, 0.29) is 39.5 Å². The van der Waals surface area contributed by atoms with Gasteiger partial charge in [-0.15, -0.1) is 11.3 Å². The first-order chi connectivity index (χ1) is 19.0. The summed E-state index contributed by atoms with van der Waals surface area (Å²) < 4.78 is 1.15. The van der Waals surface area contributed by atoms with Gasteiger partial charge in [-0.3, -0.25) is 4.79 Å². The predicted octanol–water partition coefficient (Wildman–Crippen LogP) is 7.02. The molecule has 214 valence electrons. The fraction of sp³-hybridized carbons (Fsp3) is 0.629. The van der Waals surface area contributed by atoms with Gasteiger partial charge < -0.3 is 15.1 Å². The van der Waals surface area contributed by atoms with Crippen molar-refractivity contribution in [1.29, 1.82) is 0 Å². The molecule has 1 heterocycles. The Bertz CT molecular complexity index is 1390. The van der Waals surface area contributed by atoms with Crippen molar-refractivity contribution in [3.63, 3.8) is 0 Å². The summed E-state index contributed by atoms with van der Waals surface area (Å²) >= 11 is 1.61. The zero-order chi connectivity index (χ0) is 28.1. The summed E-state index contributed by atoms with van der Waals surface area (Å²) in [5.41, 5.74) is -0.740. The van der Waals surface area contributed by atoms with Gasteiger partial charge in [-0.2, -0.15) is 0 Å². The molecule has 0 amide bonds. The van der Waals surface area contributed by atoms with E-state index in [1.165, 1.54) is 0 Å². The van der Waals surface area contributed by atoms with Crippen LogP contribution in [0.15, 0.2) is 54.1 Å². The van der Waals surface area contributed by atoms with E-state index in [2.05, 4.69) is 69.1 Å². The molecule has 0 saturated heterocycles. The highest BCUT2D eigenvalue weighted by Crippen LogP contribution is 2.78. The topological polar surface area (TPSA) is 60.8 Å². The average Bonchev–Trinajstić information content (AvgIpc) is 3.47. The monoisotopic (exact) mass is 559 g/mol. The van der Waals surface area contributed by atoms with Crippen molar-refractivity contribution in [1.82, 2.24) is 4.90 Å². The van der Waals surface area contributed by atoms with E-state index in [9.17, 15) is 15.0 Å². The van der Waals surface area contributed by atoms with E-state index in [0.717, 1.165) is 72.0 Å². The molecular formula is C35H45NO3S. The third kappa shape index (κ3) is 3.32. The van der Waals surface area contributed by atoms with Gasteiger partial charge in [0.1, 0.15) is 0 Å². The molecule has 2 spiro atoms. The lowest BCUT2D eigenvalue weighted by molar-refractivity contribution is -0.175. The average molecular weight is 560 g/mol. The van der Waals surface area contributed by atoms with Crippen LogP contribution in [0.4, 0.5) is 0 Å². The van der Waals surface area contributed by atoms with E-state index in [1.807, 2.05) is 12.1 Å².